The molecule has 2 nitrogen and oxygen atoms in total. The minimum atomic E-state index is -0.449. The molecule has 0 heterocycles. The Morgan fingerprint density at radius 1 is 0.778 bits per heavy atom. The summed E-state index contributed by atoms with van der Waals surface area (Å²) in [6.45, 7) is 16.4. The lowest BCUT2D eigenvalue weighted by Crippen LogP contribution is -2.30. The van der Waals surface area contributed by atoms with Crippen LogP contribution in [-0.4, -0.2) is 5.60 Å². The summed E-state index contributed by atoms with van der Waals surface area (Å²) in [5, 5.41) is 0. The minimum Gasteiger partial charge on any atom is -0.230 e. The van der Waals surface area contributed by atoms with Crippen molar-refractivity contribution in [2.45, 2.75) is 66.6 Å². The van der Waals surface area contributed by atoms with Crippen molar-refractivity contribution in [3.8, 4) is 0 Å². The van der Waals surface area contributed by atoms with Crippen molar-refractivity contribution in [2.75, 3.05) is 0 Å². The maximum absolute atomic E-state index is 5.68. The van der Waals surface area contributed by atoms with Crippen LogP contribution in [0.2, 0.25) is 0 Å². The van der Waals surface area contributed by atoms with E-state index in [-0.39, 0.29) is 5.60 Å². The highest BCUT2D eigenvalue weighted by atomic mass is 17.2. The SMILES string of the molecule is Cc1cc(C)c(C(C)(C)OOC(C)(C)C)c(C)c1. The Kier molecular flexibility index (Phi) is 4.24. The predicted octanol–water partition coefficient (Wildman–Crippen LogP) is 4.59. The number of rotatable bonds is 3. The van der Waals surface area contributed by atoms with Crippen LogP contribution in [0.15, 0.2) is 12.1 Å². The summed E-state index contributed by atoms with van der Waals surface area (Å²) in [5.74, 6) is 0. The predicted molar refractivity (Wildman–Crippen MR) is 75.6 cm³/mol. The fourth-order valence-corrected chi connectivity index (χ4v) is 2.40. The van der Waals surface area contributed by atoms with Crippen LogP contribution in [0.5, 0.6) is 0 Å². The van der Waals surface area contributed by atoms with Gasteiger partial charge in [0.1, 0.15) is 5.60 Å². The summed E-state index contributed by atoms with van der Waals surface area (Å²) in [7, 11) is 0. The summed E-state index contributed by atoms with van der Waals surface area (Å²) >= 11 is 0. The van der Waals surface area contributed by atoms with Crippen molar-refractivity contribution >= 4 is 0 Å². The van der Waals surface area contributed by atoms with Gasteiger partial charge in [0.05, 0.1) is 5.60 Å². The van der Waals surface area contributed by atoms with Crippen LogP contribution in [0, 0.1) is 20.8 Å². The van der Waals surface area contributed by atoms with E-state index in [1.54, 1.807) is 0 Å². The van der Waals surface area contributed by atoms with E-state index >= 15 is 0 Å². The van der Waals surface area contributed by atoms with E-state index in [0.29, 0.717) is 0 Å². The fraction of sp³-hybridized carbons (Fsp3) is 0.625. The zero-order valence-electron chi connectivity index (χ0n) is 13.0. The molecule has 0 saturated carbocycles. The summed E-state index contributed by atoms with van der Waals surface area (Å²) in [5.41, 5.74) is 4.22. The molecule has 0 radical (unpaired) electrons. The van der Waals surface area contributed by atoms with Gasteiger partial charge in [-0.25, -0.2) is 9.78 Å². The van der Waals surface area contributed by atoms with Crippen molar-refractivity contribution < 1.29 is 9.78 Å². The Morgan fingerprint density at radius 2 is 1.22 bits per heavy atom. The van der Waals surface area contributed by atoms with Crippen molar-refractivity contribution in [1.82, 2.24) is 0 Å². The Balaban J connectivity index is 3.05. The van der Waals surface area contributed by atoms with Crippen LogP contribution in [0.4, 0.5) is 0 Å². The zero-order valence-corrected chi connectivity index (χ0v) is 13.0. The summed E-state index contributed by atoms with van der Waals surface area (Å²) in [6.07, 6.45) is 0. The molecular formula is C16H26O2. The molecular weight excluding hydrogens is 224 g/mol. The van der Waals surface area contributed by atoms with E-state index in [1.807, 2.05) is 34.6 Å². The zero-order chi connectivity index (χ0) is 14.1. The van der Waals surface area contributed by atoms with Gasteiger partial charge in [-0.05, 0) is 72.1 Å². The molecule has 0 atom stereocenters. The van der Waals surface area contributed by atoms with Crippen LogP contribution in [0.1, 0.15) is 56.9 Å². The molecule has 1 rings (SSSR count). The first-order valence-electron chi connectivity index (χ1n) is 6.48. The second kappa shape index (κ2) is 5.02. The lowest BCUT2D eigenvalue weighted by Gasteiger charge is -2.31. The molecule has 102 valence electrons. The van der Waals surface area contributed by atoms with E-state index in [2.05, 4.69) is 32.9 Å². The van der Waals surface area contributed by atoms with Crippen LogP contribution >= 0.6 is 0 Å². The molecule has 0 amide bonds. The van der Waals surface area contributed by atoms with E-state index in [1.165, 1.54) is 22.3 Å². The third-order valence-electron chi connectivity index (χ3n) is 2.78. The van der Waals surface area contributed by atoms with E-state index in [9.17, 15) is 0 Å². The van der Waals surface area contributed by atoms with Crippen LogP contribution < -0.4 is 0 Å². The number of benzene rings is 1. The van der Waals surface area contributed by atoms with Gasteiger partial charge in [-0.15, -0.1) is 0 Å². The minimum absolute atomic E-state index is 0.302. The number of hydrogen-bond acceptors (Lipinski definition) is 2. The van der Waals surface area contributed by atoms with Gasteiger partial charge >= 0.3 is 0 Å². The van der Waals surface area contributed by atoms with Gasteiger partial charge in [0.2, 0.25) is 0 Å². The molecule has 0 aliphatic carbocycles. The van der Waals surface area contributed by atoms with Gasteiger partial charge in [0.25, 0.3) is 0 Å². The fourth-order valence-electron chi connectivity index (χ4n) is 2.40. The van der Waals surface area contributed by atoms with Crippen molar-refractivity contribution in [3.05, 3.63) is 34.4 Å². The Morgan fingerprint density at radius 3 is 1.61 bits per heavy atom. The summed E-state index contributed by atoms with van der Waals surface area (Å²) < 4.78 is 0. The highest BCUT2D eigenvalue weighted by Gasteiger charge is 2.29. The lowest BCUT2D eigenvalue weighted by atomic mass is 9.88. The van der Waals surface area contributed by atoms with Gasteiger partial charge in [-0.3, -0.25) is 0 Å². The molecule has 0 N–H and O–H groups in total. The average molecular weight is 250 g/mol. The molecule has 1 aromatic carbocycles. The maximum Gasteiger partial charge on any atom is 0.123 e. The van der Waals surface area contributed by atoms with Gasteiger partial charge < -0.3 is 0 Å². The molecule has 0 aromatic heterocycles. The van der Waals surface area contributed by atoms with Gasteiger partial charge in [-0.1, -0.05) is 17.7 Å². The second-order valence-electron chi connectivity index (χ2n) is 6.56. The molecule has 0 aliphatic heterocycles. The molecule has 18 heavy (non-hydrogen) atoms. The van der Waals surface area contributed by atoms with Gasteiger partial charge in [-0.2, -0.15) is 0 Å². The standard InChI is InChI=1S/C16H26O2/c1-11-9-12(2)14(13(3)10-11)16(7,8)18-17-15(4,5)6/h9-10H,1-8H3. The van der Waals surface area contributed by atoms with E-state index in [4.69, 9.17) is 9.78 Å². The highest BCUT2D eigenvalue weighted by Crippen LogP contribution is 2.32. The Hall–Kier alpha value is -0.860. The molecule has 0 spiro atoms. The molecule has 0 bridgehead atoms. The monoisotopic (exact) mass is 250 g/mol. The smallest absolute Gasteiger partial charge is 0.123 e. The van der Waals surface area contributed by atoms with Crippen LogP contribution in [-0.2, 0) is 15.4 Å². The molecule has 0 unspecified atom stereocenters. The third-order valence-corrected chi connectivity index (χ3v) is 2.78. The van der Waals surface area contributed by atoms with Gasteiger partial charge in [0.15, 0.2) is 0 Å². The normalized spacial score (nSPS) is 12.9. The Labute approximate surface area is 111 Å². The van der Waals surface area contributed by atoms with Crippen LogP contribution in [0.3, 0.4) is 0 Å². The molecule has 0 saturated heterocycles. The highest BCUT2D eigenvalue weighted by molar-refractivity contribution is 5.40. The topological polar surface area (TPSA) is 18.5 Å². The van der Waals surface area contributed by atoms with Crippen LogP contribution in [0.25, 0.3) is 0 Å². The van der Waals surface area contributed by atoms with Crippen molar-refractivity contribution in [2.24, 2.45) is 0 Å². The third kappa shape index (κ3) is 3.82. The largest absolute Gasteiger partial charge is 0.230 e. The Bertz CT molecular complexity index is 402. The maximum atomic E-state index is 5.68. The molecule has 0 aliphatic rings. The van der Waals surface area contributed by atoms with Crippen molar-refractivity contribution in [1.29, 1.82) is 0 Å². The first-order chi connectivity index (χ1) is 8.03. The number of aryl methyl sites for hydroxylation is 3. The quantitative estimate of drug-likeness (QED) is 0.577. The lowest BCUT2D eigenvalue weighted by molar-refractivity contribution is -0.402. The molecule has 1 aromatic rings. The first kappa shape index (κ1) is 15.2. The average Bonchev–Trinajstić information content (AvgIpc) is 2.11. The summed E-state index contributed by atoms with van der Waals surface area (Å²) in [4.78, 5) is 11.2. The van der Waals surface area contributed by atoms with E-state index in [0.717, 1.165) is 0 Å². The van der Waals surface area contributed by atoms with E-state index < -0.39 is 5.60 Å². The second-order valence-corrected chi connectivity index (χ2v) is 6.56. The van der Waals surface area contributed by atoms with Gasteiger partial charge in [0, 0.05) is 0 Å². The summed E-state index contributed by atoms with van der Waals surface area (Å²) in [6, 6.07) is 4.37. The molecule has 0 fully saturated rings. The molecule has 2 heteroatoms. The first-order valence-corrected chi connectivity index (χ1v) is 6.48. The number of hydrogen-bond donors (Lipinski definition) is 0. The van der Waals surface area contributed by atoms with Crippen molar-refractivity contribution in [3.63, 3.8) is 0 Å².